The minimum Gasteiger partial charge on any atom is -1.00 e. The van der Waals surface area contributed by atoms with Crippen molar-refractivity contribution in [2.45, 2.75) is 92.4 Å². The summed E-state index contributed by atoms with van der Waals surface area (Å²) in [5, 5.41) is 0. The molecule has 0 fully saturated rings. The summed E-state index contributed by atoms with van der Waals surface area (Å²) in [7, 11) is 0. The minimum atomic E-state index is -0.456. The summed E-state index contributed by atoms with van der Waals surface area (Å²) in [6.45, 7) is 11.3. The summed E-state index contributed by atoms with van der Waals surface area (Å²) < 4.78 is 0. The van der Waals surface area contributed by atoms with E-state index >= 15 is 0 Å². The molecule has 0 spiro atoms. The molecule has 0 radical (unpaired) electrons. The summed E-state index contributed by atoms with van der Waals surface area (Å²) in [6.07, 6.45) is 13.0. The maximum absolute atomic E-state index is 11.0. The van der Waals surface area contributed by atoms with E-state index in [9.17, 15) is 4.79 Å². The molecule has 24 heavy (non-hydrogen) atoms. The third-order valence-corrected chi connectivity index (χ3v) is 4.62. The maximum atomic E-state index is 11.0. The van der Waals surface area contributed by atoms with Crippen LogP contribution in [0.5, 0.6) is 0 Å². The molecule has 2 atom stereocenters. The predicted molar refractivity (Wildman–Crippen MR) is 99.9 cm³/mol. The standard InChI is InChI=1S/C20H39NO2.Na.H/c1-16(2)9-6-10-17(3)11-7-12-18(4)13-8-14-19(5)15-20(22)23-21;;/h15-18H,6-14,21H2,1-5H3;;/q;+1;-1/b19-15+;;/t17-,18-;;/m1../s1. The molecule has 3 nitrogen and oxygen atoms in total. The fourth-order valence-corrected chi connectivity index (χ4v) is 3.01. The Morgan fingerprint density at radius 1 is 0.958 bits per heavy atom. The van der Waals surface area contributed by atoms with Crippen molar-refractivity contribution in [3.63, 3.8) is 0 Å². The Morgan fingerprint density at radius 2 is 1.42 bits per heavy atom. The van der Waals surface area contributed by atoms with E-state index in [1.54, 1.807) is 0 Å². The van der Waals surface area contributed by atoms with E-state index in [1.807, 2.05) is 6.92 Å². The fraction of sp³-hybridized carbons (Fsp3) is 0.850. The van der Waals surface area contributed by atoms with Crippen LogP contribution in [-0.2, 0) is 9.63 Å². The zero-order valence-corrected chi connectivity index (χ0v) is 19.1. The van der Waals surface area contributed by atoms with Crippen molar-refractivity contribution in [3.05, 3.63) is 11.6 Å². The van der Waals surface area contributed by atoms with E-state index in [4.69, 9.17) is 5.90 Å². The summed E-state index contributed by atoms with van der Waals surface area (Å²) in [6, 6.07) is 0. The Morgan fingerprint density at radius 3 is 1.88 bits per heavy atom. The number of carbonyl (C=O) groups is 1. The van der Waals surface area contributed by atoms with Gasteiger partial charge in [0.1, 0.15) is 0 Å². The smallest absolute Gasteiger partial charge is 1.00 e. The third-order valence-electron chi connectivity index (χ3n) is 4.62. The Bertz CT molecular complexity index is 349. The molecule has 0 saturated carbocycles. The first-order chi connectivity index (χ1) is 10.8. The van der Waals surface area contributed by atoms with Crippen LogP contribution < -0.4 is 35.5 Å². The second-order valence-corrected chi connectivity index (χ2v) is 7.79. The number of nitrogens with two attached hydrogens (primary N) is 1. The molecule has 0 aliphatic carbocycles. The van der Waals surface area contributed by atoms with Crippen LogP contribution in [0.2, 0.25) is 0 Å². The summed E-state index contributed by atoms with van der Waals surface area (Å²) in [5.74, 6) is 6.85. The van der Waals surface area contributed by atoms with Crippen molar-refractivity contribution in [1.82, 2.24) is 0 Å². The van der Waals surface area contributed by atoms with Gasteiger partial charge in [0.25, 0.3) is 0 Å². The third kappa shape index (κ3) is 17.0. The maximum Gasteiger partial charge on any atom is 1.00 e. The summed E-state index contributed by atoms with van der Waals surface area (Å²) in [4.78, 5) is 15.2. The average molecular weight is 350 g/mol. The molecule has 0 bridgehead atoms. The van der Waals surface area contributed by atoms with E-state index in [-0.39, 0.29) is 31.0 Å². The van der Waals surface area contributed by atoms with Gasteiger partial charge in [0.2, 0.25) is 0 Å². The van der Waals surface area contributed by atoms with Crippen LogP contribution in [-0.4, -0.2) is 5.97 Å². The quantitative estimate of drug-likeness (QED) is 0.316. The van der Waals surface area contributed by atoms with Crippen molar-refractivity contribution in [3.8, 4) is 0 Å². The molecule has 0 amide bonds. The predicted octanol–water partition coefficient (Wildman–Crippen LogP) is 2.91. The van der Waals surface area contributed by atoms with Gasteiger partial charge in [-0.1, -0.05) is 78.2 Å². The largest absolute Gasteiger partial charge is 1.00 e. The molecule has 2 N–H and O–H groups in total. The van der Waals surface area contributed by atoms with Crippen LogP contribution in [0, 0.1) is 17.8 Å². The van der Waals surface area contributed by atoms with Crippen molar-refractivity contribution < 1.29 is 40.6 Å². The Balaban J connectivity index is -0.00000242. The van der Waals surface area contributed by atoms with Gasteiger partial charge in [-0.3, -0.25) is 0 Å². The Kier molecular flexibility index (Phi) is 18.3. The number of hydrogen-bond donors (Lipinski definition) is 1. The van der Waals surface area contributed by atoms with Gasteiger partial charge >= 0.3 is 35.5 Å². The molecule has 0 aromatic heterocycles. The molecule has 4 heteroatoms. The minimum absolute atomic E-state index is 0. The van der Waals surface area contributed by atoms with Crippen LogP contribution in [0.15, 0.2) is 11.6 Å². The Hall–Kier alpha value is 0.170. The van der Waals surface area contributed by atoms with Gasteiger partial charge in [-0.2, -0.15) is 5.90 Å². The van der Waals surface area contributed by atoms with Gasteiger partial charge in [0.15, 0.2) is 0 Å². The Labute approximate surface area is 173 Å². The molecule has 0 aromatic carbocycles. The van der Waals surface area contributed by atoms with Crippen LogP contribution in [0.1, 0.15) is 93.8 Å². The first-order valence-electron chi connectivity index (χ1n) is 9.43. The molecule has 138 valence electrons. The van der Waals surface area contributed by atoms with Gasteiger partial charge in [0.05, 0.1) is 0 Å². The van der Waals surface area contributed by atoms with Crippen molar-refractivity contribution >= 4 is 5.97 Å². The molecule has 0 aromatic rings. The van der Waals surface area contributed by atoms with E-state index in [1.165, 1.54) is 51.0 Å². The first kappa shape index (κ1) is 26.4. The van der Waals surface area contributed by atoms with Crippen molar-refractivity contribution in [2.24, 2.45) is 23.7 Å². The van der Waals surface area contributed by atoms with E-state index in [0.717, 1.165) is 36.2 Å². The molecule has 0 rings (SSSR count). The van der Waals surface area contributed by atoms with Crippen LogP contribution >= 0.6 is 0 Å². The second kappa shape index (κ2) is 16.6. The van der Waals surface area contributed by atoms with Gasteiger partial charge in [0, 0.05) is 6.08 Å². The monoisotopic (exact) mass is 349 g/mol. The molecule has 0 saturated heterocycles. The molecular formula is C20H40NNaO2. The van der Waals surface area contributed by atoms with Crippen molar-refractivity contribution in [2.75, 3.05) is 0 Å². The van der Waals surface area contributed by atoms with Crippen LogP contribution in [0.3, 0.4) is 0 Å². The number of allylic oxidation sites excluding steroid dienone is 1. The first-order valence-corrected chi connectivity index (χ1v) is 9.43. The molecule has 0 aliphatic rings. The van der Waals surface area contributed by atoms with E-state index in [0.29, 0.717) is 0 Å². The normalized spacial score (nSPS) is 14.2. The summed E-state index contributed by atoms with van der Waals surface area (Å²) >= 11 is 0. The zero-order valence-electron chi connectivity index (χ0n) is 18.1. The zero-order chi connectivity index (χ0) is 17.7. The molecule has 0 aliphatic heterocycles. The number of rotatable bonds is 13. The molecular weight excluding hydrogens is 309 g/mol. The van der Waals surface area contributed by atoms with Gasteiger partial charge in [-0.15, -0.1) is 0 Å². The molecule has 0 unspecified atom stereocenters. The average Bonchev–Trinajstić information content (AvgIpc) is 2.46. The fourth-order valence-electron chi connectivity index (χ4n) is 3.01. The topological polar surface area (TPSA) is 52.3 Å². The van der Waals surface area contributed by atoms with Gasteiger partial charge in [-0.25, -0.2) is 4.79 Å². The van der Waals surface area contributed by atoms with E-state index in [2.05, 4.69) is 32.5 Å². The summed E-state index contributed by atoms with van der Waals surface area (Å²) in [5.41, 5.74) is 1.05. The van der Waals surface area contributed by atoms with Crippen LogP contribution in [0.25, 0.3) is 0 Å². The van der Waals surface area contributed by atoms with Gasteiger partial charge in [-0.05, 0) is 37.5 Å². The number of hydrogen-bond acceptors (Lipinski definition) is 3. The van der Waals surface area contributed by atoms with Crippen LogP contribution in [0.4, 0.5) is 0 Å². The number of carbonyl (C=O) groups excluding carboxylic acids is 1. The van der Waals surface area contributed by atoms with E-state index < -0.39 is 5.97 Å². The van der Waals surface area contributed by atoms with Crippen molar-refractivity contribution in [1.29, 1.82) is 0 Å². The molecule has 0 heterocycles. The van der Waals surface area contributed by atoms with Gasteiger partial charge < -0.3 is 6.26 Å². The second-order valence-electron chi connectivity index (χ2n) is 7.79. The SMILES string of the molecule is C/C(=C\C(=O)ON)CCC[C@H](C)CCC[C@H](C)CCCC(C)C.[H-].[Na+].